The summed E-state index contributed by atoms with van der Waals surface area (Å²) in [6.45, 7) is 7.80. The lowest BCUT2D eigenvalue weighted by molar-refractivity contribution is 0.183. The highest BCUT2D eigenvalue weighted by Crippen LogP contribution is 2.15. The third-order valence-electron chi connectivity index (χ3n) is 2.36. The van der Waals surface area contributed by atoms with E-state index in [9.17, 15) is 0 Å². The molecule has 3 nitrogen and oxygen atoms in total. The van der Waals surface area contributed by atoms with Crippen molar-refractivity contribution in [3.8, 4) is 5.75 Å². The third kappa shape index (κ3) is 5.71. The number of methoxy groups -OCH3 is 1. The van der Waals surface area contributed by atoms with Crippen molar-refractivity contribution in [2.75, 3.05) is 13.7 Å². The van der Waals surface area contributed by atoms with Crippen LogP contribution in [-0.2, 0) is 11.3 Å². The van der Waals surface area contributed by atoms with Gasteiger partial charge in [-0.2, -0.15) is 0 Å². The fraction of sp³-hybridized carbons (Fsp3) is 0.571. The Morgan fingerprint density at radius 3 is 2.65 bits per heavy atom. The van der Waals surface area contributed by atoms with Crippen LogP contribution in [-0.4, -0.2) is 25.8 Å². The van der Waals surface area contributed by atoms with E-state index in [0.29, 0.717) is 12.6 Å². The molecule has 3 heteroatoms. The maximum absolute atomic E-state index is 5.83. The molecular weight excluding hydrogens is 214 g/mol. The molecule has 0 saturated carbocycles. The molecule has 1 unspecified atom stereocenters. The van der Waals surface area contributed by atoms with E-state index in [4.69, 9.17) is 9.47 Å². The minimum absolute atomic E-state index is 0.162. The molecule has 17 heavy (non-hydrogen) atoms. The van der Waals surface area contributed by atoms with Gasteiger partial charge in [0.1, 0.15) is 11.9 Å². The van der Waals surface area contributed by atoms with E-state index in [1.54, 1.807) is 7.11 Å². The van der Waals surface area contributed by atoms with Crippen molar-refractivity contribution in [2.45, 2.75) is 39.5 Å². The number of nitrogens with one attached hydrogen (secondary N) is 1. The minimum atomic E-state index is 0.162. The van der Waals surface area contributed by atoms with Crippen LogP contribution in [0.15, 0.2) is 24.3 Å². The number of hydrogen-bond donors (Lipinski definition) is 1. The summed E-state index contributed by atoms with van der Waals surface area (Å²) in [6, 6.07) is 8.51. The molecule has 1 atom stereocenters. The molecule has 0 aliphatic heterocycles. The first kappa shape index (κ1) is 14.0. The standard InChI is InChI=1S/C14H23NO2/c1-11(2)15-9-12(3)17-14-7-5-6-13(8-14)10-16-4/h5-8,11-12,15H,9-10H2,1-4H3. The minimum Gasteiger partial charge on any atom is -0.489 e. The van der Waals surface area contributed by atoms with E-state index < -0.39 is 0 Å². The van der Waals surface area contributed by atoms with Crippen LogP contribution in [0.2, 0.25) is 0 Å². The maximum Gasteiger partial charge on any atom is 0.120 e. The summed E-state index contributed by atoms with van der Waals surface area (Å²) in [6.07, 6.45) is 0.162. The lowest BCUT2D eigenvalue weighted by atomic mass is 10.2. The molecule has 1 N–H and O–H groups in total. The normalized spacial score (nSPS) is 12.8. The molecule has 1 aromatic rings. The number of hydrogen-bond acceptors (Lipinski definition) is 3. The molecule has 1 aromatic carbocycles. The van der Waals surface area contributed by atoms with Gasteiger partial charge in [-0.15, -0.1) is 0 Å². The molecule has 0 fully saturated rings. The highest BCUT2D eigenvalue weighted by atomic mass is 16.5. The molecule has 96 valence electrons. The van der Waals surface area contributed by atoms with Gasteiger partial charge in [0.15, 0.2) is 0 Å². The van der Waals surface area contributed by atoms with Crippen molar-refractivity contribution >= 4 is 0 Å². The van der Waals surface area contributed by atoms with Crippen molar-refractivity contribution in [1.82, 2.24) is 5.32 Å². The van der Waals surface area contributed by atoms with Crippen LogP contribution in [0.5, 0.6) is 5.75 Å². The first-order chi connectivity index (χ1) is 8.11. The fourth-order valence-corrected chi connectivity index (χ4v) is 1.55. The van der Waals surface area contributed by atoms with E-state index in [0.717, 1.165) is 17.9 Å². The molecule has 0 spiro atoms. The zero-order valence-electron chi connectivity index (χ0n) is 11.2. The second kappa shape index (κ2) is 7.30. The Kier molecular flexibility index (Phi) is 6.01. The van der Waals surface area contributed by atoms with Gasteiger partial charge in [-0.25, -0.2) is 0 Å². The van der Waals surface area contributed by atoms with Crippen molar-refractivity contribution in [3.05, 3.63) is 29.8 Å². The second-order valence-corrected chi connectivity index (χ2v) is 4.57. The molecular formula is C14H23NO2. The zero-order chi connectivity index (χ0) is 12.7. The monoisotopic (exact) mass is 237 g/mol. The van der Waals surface area contributed by atoms with Gasteiger partial charge in [-0.3, -0.25) is 0 Å². The van der Waals surface area contributed by atoms with Crippen molar-refractivity contribution in [3.63, 3.8) is 0 Å². The first-order valence-corrected chi connectivity index (χ1v) is 6.09. The number of ether oxygens (including phenoxy) is 2. The molecule has 0 saturated heterocycles. The van der Waals surface area contributed by atoms with Crippen molar-refractivity contribution in [2.24, 2.45) is 0 Å². The summed E-state index contributed by atoms with van der Waals surface area (Å²) in [5.74, 6) is 0.901. The predicted octanol–water partition coefficient (Wildman–Crippen LogP) is 2.60. The maximum atomic E-state index is 5.83. The zero-order valence-corrected chi connectivity index (χ0v) is 11.2. The smallest absolute Gasteiger partial charge is 0.120 e. The van der Waals surface area contributed by atoms with Crippen LogP contribution in [0.1, 0.15) is 26.3 Å². The molecule has 0 aromatic heterocycles. The molecule has 1 rings (SSSR count). The third-order valence-corrected chi connectivity index (χ3v) is 2.36. The largest absolute Gasteiger partial charge is 0.489 e. The van der Waals surface area contributed by atoms with E-state index in [-0.39, 0.29) is 6.10 Å². The van der Waals surface area contributed by atoms with Crippen LogP contribution < -0.4 is 10.1 Å². The van der Waals surface area contributed by atoms with Crippen molar-refractivity contribution in [1.29, 1.82) is 0 Å². The van der Waals surface area contributed by atoms with Gasteiger partial charge in [0.2, 0.25) is 0 Å². The first-order valence-electron chi connectivity index (χ1n) is 6.09. The van der Waals surface area contributed by atoms with Crippen LogP contribution in [0.3, 0.4) is 0 Å². The van der Waals surface area contributed by atoms with Crippen LogP contribution in [0.25, 0.3) is 0 Å². The van der Waals surface area contributed by atoms with Crippen LogP contribution in [0, 0.1) is 0 Å². The van der Waals surface area contributed by atoms with Gasteiger partial charge in [0.05, 0.1) is 6.61 Å². The number of benzene rings is 1. The topological polar surface area (TPSA) is 30.5 Å². The van der Waals surface area contributed by atoms with Crippen LogP contribution >= 0.6 is 0 Å². The summed E-state index contributed by atoms with van der Waals surface area (Å²) in [4.78, 5) is 0. The SMILES string of the molecule is COCc1cccc(OC(C)CNC(C)C)c1. The summed E-state index contributed by atoms with van der Waals surface area (Å²) >= 11 is 0. The second-order valence-electron chi connectivity index (χ2n) is 4.57. The van der Waals surface area contributed by atoms with Gasteiger partial charge >= 0.3 is 0 Å². The lowest BCUT2D eigenvalue weighted by Gasteiger charge is -2.17. The molecule has 0 aliphatic rings. The Bertz CT molecular complexity index is 326. The average Bonchev–Trinajstić information content (AvgIpc) is 2.27. The molecule has 0 radical (unpaired) electrons. The number of rotatable bonds is 7. The van der Waals surface area contributed by atoms with E-state index in [1.165, 1.54) is 0 Å². The van der Waals surface area contributed by atoms with E-state index in [1.807, 2.05) is 24.3 Å². The Morgan fingerprint density at radius 1 is 1.24 bits per heavy atom. The van der Waals surface area contributed by atoms with Crippen molar-refractivity contribution < 1.29 is 9.47 Å². The van der Waals surface area contributed by atoms with Gasteiger partial charge < -0.3 is 14.8 Å². The lowest BCUT2D eigenvalue weighted by Crippen LogP contribution is -2.33. The molecule has 0 heterocycles. The van der Waals surface area contributed by atoms with Gasteiger partial charge in [-0.05, 0) is 24.6 Å². The van der Waals surface area contributed by atoms with Gasteiger partial charge in [0, 0.05) is 19.7 Å². The van der Waals surface area contributed by atoms with Gasteiger partial charge in [0.25, 0.3) is 0 Å². The van der Waals surface area contributed by atoms with Crippen LogP contribution in [0.4, 0.5) is 0 Å². The Balaban J connectivity index is 2.46. The Morgan fingerprint density at radius 2 is 2.00 bits per heavy atom. The van der Waals surface area contributed by atoms with E-state index in [2.05, 4.69) is 26.1 Å². The summed E-state index contributed by atoms with van der Waals surface area (Å²) < 4.78 is 10.9. The summed E-state index contributed by atoms with van der Waals surface area (Å²) in [5.41, 5.74) is 1.13. The fourth-order valence-electron chi connectivity index (χ4n) is 1.55. The molecule has 0 amide bonds. The average molecular weight is 237 g/mol. The Hall–Kier alpha value is -1.06. The summed E-state index contributed by atoms with van der Waals surface area (Å²) in [7, 11) is 1.70. The predicted molar refractivity (Wildman–Crippen MR) is 70.4 cm³/mol. The highest BCUT2D eigenvalue weighted by molar-refractivity contribution is 5.28. The summed E-state index contributed by atoms with van der Waals surface area (Å²) in [5, 5.41) is 3.36. The highest BCUT2D eigenvalue weighted by Gasteiger charge is 2.05. The molecule has 0 aliphatic carbocycles. The quantitative estimate of drug-likeness (QED) is 0.790. The van der Waals surface area contributed by atoms with E-state index >= 15 is 0 Å². The Labute approximate surface area is 104 Å². The van der Waals surface area contributed by atoms with Gasteiger partial charge in [-0.1, -0.05) is 26.0 Å². The molecule has 0 bridgehead atoms.